The summed E-state index contributed by atoms with van der Waals surface area (Å²) in [5, 5.41) is 3.32. The van der Waals surface area contributed by atoms with Crippen LogP contribution in [-0.2, 0) is 10.0 Å². The highest BCUT2D eigenvalue weighted by atomic mass is 79.9. The molecule has 2 atom stereocenters. The molecular formula is C14H23BrClN3O2S. The second-order valence-electron chi connectivity index (χ2n) is 5.71. The summed E-state index contributed by atoms with van der Waals surface area (Å²) in [6.45, 7) is 2.91. The topological polar surface area (TPSA) is 61.4 Å². The van der Waals surface area contributed by atoms with E-state index in [1.54, 1.807) is 12.1 Å². The smallest absolute Gasteiger partial charge is 0.242 e. The fraction of sp³-hybridized carbons (Fsp3) is 0.571. The monoisotopic (exact) mass is 411 g/mol. The van der Waals surface area contributed by atoms with Gasteiger partial charge in [-0.25, -0.2) is 13.1 Å². The van der Waals surface area contributed by atoms with Gasteiger partial charge in [0.2, 0.25) is 10.0 Å². The maximum atomic E-state index is 12.6. The number of hydrogen-bond donors (Lipinski definition) is 2. The zero-order valence-corrected chi connectivity index (χ0v) is 16.2. The molecule has 22 heavy (non-hydrogen) atoms. The van der Waals surface area contributed by atoms with Crippen LogP contribution in [0.3, 0.4) is 0 Å². The number of piperidine rings is 1. The van der Waals surface area contributed by atoms with E-state index >= 15 is 0 Å². The standard InChI is InChI=1S/C14H22BrN3O2S.ClH/c1-10-8-11(6-7-16-10)17-21(19,20)14-9-12(18(2)3)4-5-13(14)15;/h4-5,9-11,16-17H,6-8H2,1-3H3;1H. The lowest BCUT2D eigenvalue weighted by atomic mass is 10.0. The van der Waals surface area contributed by atoms with Crippen LogP contribution in [0.4, 0.5) is 5.69 Å². The van der Waals surface area contributed by atoms with Crippen LogP contribution in [0.5, 0.6) is 0 Å². The first kappa shape index (κ1) is 19.7. The molecule has 0 saturated carbocycles. The van der Waals surface area contributed by atoms with Crippen molar-refractivity contribution in [3.63, 3.8) is 0 Å². The molecule has 0 radical (unpaired) electrons. The Bertz CT molecular complexity index is 610. The van der Waals surface area contributed by atoms with Crippen molar-refractivity contribution in [1.82, 2.24) is 10.0 Å². The van der Waals surface area contributed by atoms with Gasteiger partial charge in [0, 0.05) is 36.3 Å². The quantitative estimate of drug-likeness (QED) is 0.797. The fourth-order valence-corrected chi connectivity index (χ4v) is 4.76. The molecule has 1 aliphatic rings. The van der Waals surface area contributed by atoms with Crippen LogP contribution in [0.15, 0.2) is 27.6 Å². The molecule has 1 aliphatic heterocycles. The number of sulfonamides is 1. The number of rotatable bonds is 4. The molecule has 0 spiro atoms. The van der Waals surface area contributed by atoms with Crippen molar-refractivity contribution in [2.24, 2.45) is 0 Å². The Morgan fingerprint density at radius 1 is 1.36 bits per heavy atom. The summed E-state index contributed by atoms with van der Waals surface area (Å²) in [6.07, 6.45) is 1.62. The molecule has 1 heterocycles. The van der Waals surface area contributed by atoms with Gasteiger partial charge in [-0.3, -0.25) is 0 Å². The van der Waals surface area contributed by atoms with E-state index in [0.29, 0.717) is 15.4 Å². The first-order chi connectivity index (χ1) is 9.79. The van der Waals surface area contributed by atoms with Gasteiger partial charge in [-0.1, -0.05) is 0 Å². The van der Waals surface area contributed by atoms with E-state index in [9.17, 15) is 8.42 Å². The molecule has 1 aromatic rings. The number of benzene rings is 1. The van der Waals surface area contributed by atoms with Gasteiger partial charge in [-0.15, -0.1) is 12.4 Å². The van der Waals surface area contributed by atoms with Crippen LogP contribution in [0, 0.1) is 0 Å². The maximum Gasteiger partial charge on any atom is 0.242 e. The van der Waals surface area contributed by atoms with Crippen molar-refractivity contribution < 1.29 is 8.42 Å². The molecule has 1 fully saturated rings. The van der Waals surface area contributed by atoms with Gasteiger partial charge >= 0.3 is 0 Å². The fourth-order valence-electron chi connectivity index (χ4n) is 2.50. The molecular weight excluding hydrogens is 390 g/mol. The number of anilines is 1. The van der Waals surface area contributed by atoms with Crippen LogP contribution in [0.25, 0.3) is 0 Å². The van der Waals surface area contributed by atoms with Crippen molar-refractivity contribution in [3.8, 4) is 0 Å². The average Bonchev–Trinajstić information content (AvgIpc) is 2.38. The highest BCUT2D eigenvalue weighted by Crippen LogP contribution is 2.27. The molecule has 1 saturated heterocycles. The van der Waals surface area contributed by atoms with Crippen molar-refractivity contribution >= 4 is 44.0 Å². The third-order valence-electron chi connectivity index (χ3n) is 3.67. The Morgan fingerprint density at radius 2 is 2.05 bits per heavy atom. The highest BCUT2D eigenvalue weighted by Gasteiger charge is 2.26. The molecule has 2 N–H and O–H groups in total. The van der Waals surface area contributed by atoms with Crippen molar-refractivity contribution in [2.45, 2.75) is 36.7 Å². The van der Waals surface area contributed by atoms with Gasteiger partial charge in [0.15, 0.2) is 0 Å². The molecule has 0 aliphatic carbocycles. The van der Waals surface area contributed by atoms with E-state index in [2.05, 4.69) is 32.9 Å². The zero-order valence-electron chi connectivity index (χ0n) is 13.0. The largest absolute Gasteiger partial charge is 0.378 e. The van der Waals surface area contributed by atoms with Gasteiger partial charge in [0.25, 0.3) is 0 Å². The Kier molecular flexibility index (Phi) is 7.14. The highest BCUT2D eigenvalue weighted by molar-refractivity contribution is 9.10. The molecule has 0 amide bonds. The van der Waals surface area contributed by atoms with Crippen molar-refractivity contribution in [3.05, 3.63) is 22.7 Å². The first-order valence-electron chi connectivity index (χ1n) is 7.02. The van der Waals surface area contributed by atoms with E-state index in [1.807, 2.05) is 25.1 Å². The normalized spacial score (nSPS) is 22.0. The number of hydrogen-bond acceptors (Lipinski definition) is 4. The van der Waals surface area contributed by atoms with Crippen LogP contribution in [-0.4, -0.2) is 41.1 Å². The van der Waals surface area contributed by atoms with Gasteiger partial charge in [0.05, 0.1) is 4.90 Å². The minimum Gasteiger partial charge on any atom is -0.378 e. The Labute approximate surface area is 147 Å². The Balaban J connectivity index is 0.00000242. The number of nitrogens with one attached hydrogen (secondary N) is 2. The molecule has 126 valence electrons. The van der Waals surface area contributed by atoms with E-state index in [1.165, 1.54) is 0 Å². The molecule has 5 nitrogen and oxygen atoms in total. The molecule has 2 unspecified atom stereocenters. The van der Waals surface area contributed by atoms with Gasteiger partial charge < -0.3 is 10.2 Å². The van der Waals surface area contributed by atoms with Gasteiger partial charge in [0.1, 0.15) is 0 Å². The van der Waals surface area contributed by atoms with Crippen LogP contribution < -0.4 is 14.9 Å². The molecule has 2 rings (SSSR count). The lowest BCUT2D eigenvalue weighted by molar-refractivity contribution is 0.361. The molecule has 0 aromatic heterocycles. The maximum absolute atomic E-state index is 12.6. The summed E-state index contributed by atoms with van der Waals surface area (Å²) in [7, 11) is 0.260. The third kappa shape index (κ3) is 4.83. The minimum absolute atomic E-state index is 0. The minimum atomic E-state index is -3.52. The van der Waals surface area contributed by atoms with Gasteiger partial charge in [-0.05, 0) is 60.4 Å². The predicted molar refractivity (Wildman–Crippen MR) is 96.5 cm³/mol. The first-order valence-corrected chi connectivity index (χ1v) is 9.30. The predicted octanol–water partition coefficient (Wildman–Crippen LogP) is 2.36. The summed E-state index contributed by atoms with van der Waals surface area (Å²) in [4.78, 5) is 2.18. The zero-order chi connectivity index (χ0) is 15.6. The summed E-state index contributed by atoms with van der Waals surface area (Å²) in [5.41, 5.74) is 0.859. The summed E-state index contributed by atoms with van der Waals surface area (Å²) in [6, 6.07) is 5.67. The van der Waals surface area contributed by atoms with Crippen LogP contribution >= 0.6 is 28.3 Å². The summed E-state index contributed by atoms with van der Waals surface area (Å²) in [5.74, 6) is 0. The SMILES string of the molecule is CC1CC(NS(=O)(=O)c2cc(N(C)C)ccc2Br)CCN1.Cl. The van der Waals surface area contributed by atoms with E-state index in [0.717, 1.165) is 25.1 Å². The lowest BCUT2D eigenvalue weighted by Gasteiger charge is -2.28. The van der Waals surface area contributed by atoms with Gasteiger partial charge in [-0.2, -0.15) is 0 Å². The van der Waals surface area contributed by atoms with Crippen molar-refractivity contribution in [1.29, 1.82) is 0 Å². The number of halogens is 2. The second kappa shape index (κ2) is 7.97. The summed E-state index contributed by atoms with van der Waals surface area (Å²) >= 11 is 3.34. The average molecular weight is 413 g/mol. The number of nitrogens with zero attached hydrogens (tertiary/aromatic N) is 1. The van der Waals surface area contributed by atoms with E-state index < -0.39 is 10.0 Å². The molecule has 0 bridgehead atoms. The summed E-state index contributed by atoms with van der Waals surface area (Å²) < 4.78 is 28.7. The third-order valence-corrected chi connectivity index (χ3v) is 6.18. The second-order valence-corrected chi connectivity index (χ2v) is 8.24. The van der Waals surface area contributed by atoms with Crippen LogP contribution in [0.1, 0.15) is 19.8 Å². The van der Waals surface area contributed by atoms with E-state index in [-0.39, 0.29) is 18.4 Å². The molecule has 8 heteroatoms. The van der Waals surface area contributed by atoms with Crippen molar-refractivity contribution in [2.75, 3.05) is 25.5 Å². The lowest BCUT2D eigenvalue weighted by Crippen LogP contribution is -2.46. The Morgan fingerprint density at radius 3 is 2.64 bits per heavy atom. The van der Waals surface area contributed by atoms with E-state index in [4.69, 9.17) is 0 Å². The Hall–Kier alpha value is -0.340. The molecule has 1 aromatic carbocycles. The van der Waals surface area contributed by atoms with Crippen LogP contribution in [0.2, 0.25) is 0 Å².